The molecule has 1 unspecified atom stereocenters. The van der Waals surface area contributed by atoms with Crippen LogP contribution in [0.3, 0.4) is 0 Å². The van der Waals surface area contributed by atoms with E-state index in [1.54, 1.807) is 0 Å². The van der Waals surface area contributed by atoms with Crippen LogP contribution in [0.4, 0.5) is 22.0 Å². The zero-order chi connectivity index (χ0) is 9.99. The standard InChI is InChI=1S/C6H9F5O/c1-3-12-6(10,11)4(2)5(7,8)9/h4H,3H2,1-2H3. The first-order chi connectivity index (χ1) is 5.22. The summed E-state index contributed by atoms with van der Waals surface area (Å²) < 4.78 is 63.5. The normalized spacial score (nSPS) is 16.2. The van der Waals surface area contributed by atoms with Gasteiger partial charge in [0.15, 0.2) is 0 Å². The first-order valence-corrected chi connectivity index (χ1v) is 3.30. The van der Waals surface area contributed by atoms with E-state index in [1.165, 1.54) is 6.92 Å². The lowest BCUT2D eigenvalue weighted by Crippen LogP contribution is -2.39. The highest BCUT2D eigenvalue weighted by Crippen LogP contribution is 2.38. The predicted octanol–water partition coefficient (Wildman–Crippen LogP) is 2.81. The molecule has 0 spiro atoms. The van der Waals surface area contributed by atoms with Gasteiger partial charge < -0.3 is 4.74 Å². The molecule has 0 aromatic heterocycles. The lowest BCUT2D eigenvalue weighted by atomic mass is 10.1. The van der Waals surface area contributed by atoms with E-state index in [0.717, 1.165) is 0 Å². The molecule has 0 aliphatic carbocycles. The van der Waals surface area contributed by atoms with Gasteiger partial charge in [0.25, 0.3) is 0 Å². The van der Waals surface area contributed by atoms with Gasteiger partial charge in [-0.1, -0.05) is 0 Å². The molecule has 0 aromatic carbocycles. The Morgan fingerprint density at radius 3 is 1.83 bits per heavy atom. The van der Waals surface area contributed by atoms with E-state index in [0.29, 0.717) is 6.92 Å². The van der Waals surface area contributed by atoms with E-state index in [9.17, 15) is 22.0 Å². The SMILES string of the molecule is CCOC(F)(F)C(C)C(F)(F)F. The fourth-order valence-corrected chi connectivity index (χ4v) is 0.508. The third-order valence-electron chi connectivity index (χ3n) is 1.33. The Hall–Kier alpha value is -0.390. The second-order valence-corrected chi connectivity index (χ2v) is 2.26. The smallest absolute Gasteiger partial charge is 0.320 e. The molecule has 0 amide bonds. The van der Waals surface area contributed by atoms with Gasteiger partial charge in [0, 0.05) is 0 Å². The van der Waals surface area contributed by atoms with Gasteiger partial charge in [-0.2, -0.15) is 22.0 Å². The van der Waals surface area contributed by atoms with Crippen LogP contribution in [-0.2, 0) is 4.74 Å². The van der Waals surface area contributed by atoms with Crippen molar-refractivity contribution in [1.82, 2.24) is 0 Å². The zero-order valence-electron chi connectivity index (χ0n) is 6.58. The molecule has 0 aliphatic heterocycles. The molecule has 1 atom stereocenters. The van der Waals surface area contributed by atoms with Gasteiger partial charge in [0.05, 0.1) is 6.61 Å². The molecule has 0 fully saturated rings. The Labute approximate surface area is 66.5 Å². The van der Waals surface area contributed by atoms with Crippen LogP contribution in [0.15, 0.2) is 0 Å². The molecule has 0 rings (SSSR count). The van der Waals surface area contributed by atoms with Crippen molar-refractivity contribution in [3.05, 3.63) is 0 Å². The van der Waals surface area contributed by atoms with Crippen LogP contribution in [0.25, 0.3) is 0 Å². The molecule has 0 saturated heterocycles. The van der Waals surface area contributed by atoms with Crippen molar-refractivity contribution in [3.63, 3.8) is 0 Å². The van der Waals surface area contributed by atoms with Gasteiger partial charge in [-0.3, -0.25) is 0 Å². The Balaban J connectivity index is 4.34. The van der Waals surface area contributed by atoms with Gasteiger partial charge in [-0.25, -0.2) is 0 Å². The molecule has 0 saturated carbocycles. The molecule has 0 bridgehead atoms. The van der Waals surface area contributed by atoms with Crippen molar-refractivity contribution in [3.8, 4) is 0 Å². The molecule has 0 N–H and O–H groups in total. The van der Waals surface area contributed by atoms with Crippen LogP contribution in [-0.4, -0.2) is 18.9 Å². The van der Waals surface area contributed by atoms with Gasteiger partial charge >= 0.3 is 12.3 Å². The minimum absolute atomic E-state index is 0.385. The van der Waals surface area contributed by atoms with E-state index in [2.05, 4.69) is 4.74 Å². The number of alkyl halides is 5. The quantitative estimate of drug-likeness (QED) is 0.624. The average Bonchev–Trinajstić information content (AvgIpc) is 1.84. The van der Waals surface area contributed by atoms with Crippen LogP contribution in [0, 0.1) is 5.92 Å². The summed E-state index contributed by atoms with van der Waals surface area (Å²) >= 11 is 0. The van der Waals surface area contributed by atoms with Gasteiger partial charge in [0.2, 0.25) is 0 Å². The summed E-state index contributed by atoms with van der Waals surface area (Å²) in [5.41, 5.74) is 0. The summed E-state index contributed by atoms with van der Waals surface area (Å²) in [7, 11) is 0. The molecule has 0 aromatic rings. The van der Waals surface area contributed by atoms with E-state index in [-0.39, 0.29) is 0 Å². The van der Waals surface area contributed by atoms with Gasteiger partial charge in [-0.15, -0.1) is 0 Å². The van der Waals surface area contributed by atoms with Crippen LogP contribution in [0.5, 0.6) is 0 Å². The number of hydrogen-bond acceptors (Lipinski definition) is 1. The molecule has 12 heavy (non-hydrogen) atoms. The Kier molecular flexibility index (Phi) is 3.44. The van der Waals surface area contributed by atoms with Crippen molar-refractivity contribution in [2.45, 2.75) is 26.1 Å². The van der Waals surface area contributed by atoms with E-state index in [4.69, 9.17) is 0 Å². The maximum atomic E-state index is 12.4. The predicted molar refractivity (Wildman–Crippen MR) is 31.8 cm³/mol. The topological polar surface area (TPSA) is 9.23 Å². The number of halogens is 5. The fourth-order valence-electron chi connectivity index (χ4n) is 0.508. The van der Waals surface area contributed by atoms with Crippen LogP contribution in [0.2, 0.25) is 0 Å². The monoisotopic (exact) mass is 192 g/mol. The third kappa shape index (κ3) is 2.92. The number of ether oxygens (including phenoxy) is 1. The molecule has 0 aliphatic rings. The Morgan fingerprint density at radius 2 is 1.58 bits per heavy atom. The molecule has 6 heteroatoms. The maximum absolute atomic E-state index is 12.4. The molecule has 0 radical (unpaired) electrons. The maximum Gasteiger partial charge on any atom is 0.399 e. The number of rotatable bonds is 3. The summed E-state index contributed by atoms with van der Waals surface area (Å²) in [6, 6.07) is 0. The average molecular weight is 192 g/mol. The zero-order valence-corrected chi connectivity index (χ0v) is 6.58. The van der Waals surface area contributed by atoms with Crippen molar-refractivity contribution >= 4 is 0 Å². The third-order valence-corrected chi connectivity index (χ3v) is 1.33. The minimum atomic E-state index is -4.93. The highest BCUT2D eigenvalue weighted by molar-refractivity contribution is 4.71. The van der Waals surface area contributed by atoms with Crippen LogP contribution < -0.4 is 0 Å². The summed E-state index contributed by atoms with van der Waals surface area (Å²) in [5, 5.41) is 0. The van der Waals surface area contributed by atoms with Gasteiger partial charge in [-0.05, 0) is 13.8 Å². The van der Waals surface area contributed by atoms with E-state index < -0.39 is 24.8 Å². The Morgan fingerprint density at radius 1 is 1.17 bits per heavy atom. The van der Waals surface area contributed by atoms with Crippen LogP contribution in [0.1, 0.15) is 13.8 Å². The lowest BCUT2D eigenvalue weighted by Gasteiger charge is -2.24. The summed E-state index contributed by atoms with van der Waals surface area (Å²) in [4.78, 5) is 0. The van der Waals surface area contributed by atoms with Gasteiger partial charge in [0.1, 0.15) is 5.92 Å². The summed E-state index contributed by atoms with van der Waals surface area (Å²) in [6.07, 6.45) is -9.06. The summed E-state index contributed by atoms with van der Waals surface area (Å²) in [6.45, 7) is 1.14. The molecular weight excluding hydrogens is 183 g/mol. The van der Waals surface area contributed by atoms with E-state index in [1.807, 2.05) is 0 Å². The highest BCUT2D eigenvalue weighted by atomic mass is 19.4. The van der Waals surface area contributed by atoms with Crippen molar-refractivity contribution in [1.29, 1.82) is 0 Å². The molecule has 1 nitrogen and oxygen atoms in total. The fraction of sp³-hybridized carbons (Fsp3) is 1.00. The highest BCUT2D eigenvalue weighted by Gasteiger charge is 2.53. The Bertz CT molecular complexity index is 141. The summed E-state index contributed by atoms with van der Waals surface area (Å²) in [5.74, 6) is -2.77. The second kappa shape index (κ2) is 3.55. The lowest BCUT2D eigenvalue weighted by molar-refractivity contribution is -0.329. The first-order valence-electron chi connectivity index (χ1n) is 3.30. The minimum Gasteiger partial charge on any atom is -0.320 e. The number of hydrogen-bond donors (Lipinski definition) is 0. The van der Waals surface area contributed by atoms with Crippen molar-refractivity contribution < 1.29 is 26.7 Å². The molecule has 74 valence electrons. The van der Waals surface area contributed by atoms with Crippen molar-refractivity contribution in [2.24, 2.45) is 5.92 Å². The largest absolute Gasteiger partial charge is 0.399 e. The van der Waals surface area contributed by atoms with Crippen LogP contribution >= 0.6 is 0 Å². The molecule has 0 heterocycles. The first kappa shape index (κ1) is 11.6. The van der Waals surface area contributed by atoms with E-state index >= 15 is 0 Å². The van der Waals surface area contributed by atoms with Crippen molar-refractivity contribution in [2.75, 3.05) is 6.61 Å². The molecular formula is C6H9F5O. The second-order valence-electron chi connectivity index (χ2n) is 2.26.